The molecular weight excluding hydrogens is 429 g/mol. The first-order chi connectivity index (χ1) is 14.0. The number of rotatable bonds is 4. The Kier molecular flexibility index (Phi) is 4.81. The zero-order valence-corrected chi connectivity index (χ0v) is 17.7. The molecule has 2 aliphatic carbocycles. The molecule has 0 saturated heterocycles. The van der Waals surface area contributed by atoms with E-state index in [0.29, 0.717) is 39.1 Å². The van der Waals surface area contributed by atoms with Crippen molar-refractivity contribution in [2.45, 2.75) is 37.6 Å². The zero-order valence-electron chi connectivity index (χ0n) is 15.5. The Morgan fingerprint density at radius 3 is 2.66 bits per heavy atom. The lowest BCUT2D eigenvalue weighted by atomic mass is 9.95. The van der Waals surface area contributed by atoms with Crippen molar-refractivity contribution < 1.29 is 4.79 Å². The minimum atomic E-state index is -0.183. The molecule has 0 radical (unpaired) electrons. The van der Waals surface area contributed by atoms with Crippen LogP contribution in [0.5, 0.6) is 0 Å². The van der Waals surface area contributed by atoms with E-state index in [9.17, 15) is 4.79 Å². The van der Waals surface area contributed by atoms with Crippen LogP contribution in [0.3, 0.4) is 0 Å². The van der Waals surface area contributed by atoms with Gasteiger partial charge in [0, 0.05) is 28.1 Å². The number of hydrogen-bond donors (Lipinski definition) is 1. The summed E-state index contributed by atoms with van der Waals surface area (Å²) in [4.78, 5) is 13.1. The minimum Gasteiger partial charge on any atom is -0.346 e. The fourth-order valence-electron chi connectivity index (χ4n) is 4.64. The maximum Gasteiger partial charge on any atom is 0.272 e. The predicted molar refractivity (Wildman–Crippen MR) is 116 cm³/mol. The normalized spacial score (nSPS) is 19.4. The van der Waals surface area contributed by atoms with Crippen molar-refractivity contribution in [3.63, 3.8) is 0 Å². The molecular formula is C22H18Cl3N3O. The van der Waals surface area contributed by atoms with E-state index in [1.807, 2.05) is 35.0 Å². The molecule has 2 aromatic carbocycles. The highest BCUT2D eigenvalue weighted by atomic mass is 35.5. The van der Waals surface area contributed by atoms with E-state index in [4.69, 9.17) is 39.9 Å². The first-order valence-electron chi connectivity index (χ1n) is 9.62. The Hall–Kier alpha value is -2.01. The Bertz CT molecular complexity index is 1120. The van der Waals surface area contributed by atoms with Crippen molar-refractivity contribution in [3.05, 3.63) is 80.0 Å². The van der Waals surface area contributed by atoms with Gasteiger partial charge in [0.25, 0.3) is 5.91 Å². The van der Waals surface area contributed by atoms with Gasteiger partial charge in [-0.2, -0.15) is 5.10 Å². The highest BCUT2D eigenvalue weighted by Crippen LogP contribution is 2.54. The number of halogens is 3. The van der Waals surface area contributed by atoms with Crippen LogP contribution >= 0.6 is 34.8 Å². The smallest absolute Gasteiger partial charge is 0.272 e. The Balaban J connectivity index is 1.52. The third kappa shape index (κ3) is 3.24. The molecule has 1 amide bonds. The number of nitrogens with one attached hydrogen (secondary N) is 1. The van der Waals surface area contributed by atoms with Gasteiger partial charge in [0.15, 0.2) is 5.69 Å². The molecule has 7 heteroatoms. The predicted octanol–water partition coefficient (Wildman–Crippen LogP) is 6.13. The van der Waals surface area contributed by atoms with Crippen molar-refractivity contribution in [3.8, 4) is 5.69 Å². The van der Waals surface area contributed by atoms with Crippen LogP contribution < -0.4 is 5.32 Å². The molecule has 0 aliphatic heterocycles. The van der Waals surface area contributed by atoms with Gasteiger partial charge in [0.2, 0.25) is 0 Å². The molecule has 1 N–H and O–H groups in total. The first kappa shape index (κ1) is 19.0. The summed E-state index contributed by atoms with van der Waals surface area (Å²) < 4.78 is 1.85. The van der Waals surface area contributed by atoms with Gasteiger partial charge in [0.1, 0.15) is 0 Å². The molecule has 1 saturated carbocycles. The molecule has 1 heterocycles. The standard InChI is InChI=1S/C22H18Cl3N3O/c23-15-7-8-18(17(25)10-15)28-21-13-6-5-12(9-13)19(21)20(27-28)22(29)26-11-14-3-1-2-4-16(14)24/h1-4,7-8,10,12-13H,5-6,9,11H2,(H,26,29). The molecule has 148 valence electrons. The molecule has 2 aliphatic rings. The van der Waals surface area contributed by atoms with Gasteiger partial charge < -0.3 is 5.32 Å². The third-order valence-electron chi connectivity index (χ3n) is 5.94. The van der Waals surface area contributed by atoms with Crippen LogP contribution in [-0.4, -0.2) is 15.7 Å². The van der Waals surface area contributed by atoms with Crippen LogP contribution in [0, 0.1) is 0 Å². The van der Waals surface area contributed by atoms with Gasteiger partial charge in [-0.15, -0.1) is 0 Å². The average Bonchev–Trinajstić information content (AvgIpc) is 3.40. The molecule has 2 atom stereocenters. The molecule has 2 bridgehead atoms. The van der Waals surface area contributed by atoms with E-state index in [0.717, 1.165) is 41.8 Å². The van der Waals surface area contributed by atoms with Gasteiger partial charge in [-0.1, -0.05) is 53.0 Å². The van der Waals surface area contributed by atoms with Crippen molar-refractivity contribution >= 4 is 40.7 Å². The molecule has 3 aromatic rings. The second kappa shape index (κ2) is 7.35. The summed E-state index contributed by atoms with van der Waals surface area (Å²) in [6, 6.07) is 12.8. The number of carbonyl (C=O) groups is 1. The summed E-state index contributed by atoms with van der Waals surface area (Å²) in [5.41, 5.74) is 4.31. The molecule has 1 aromatic heterocycles. The highest BCUT2D eigenvalue weighted by molar-refractivity contribution is 6.35. The molecule has 0 spiro atoms. The molecule has 29 heavy (non-hydrogen) atoms. The topological polar surface area (TPSA) is 46.9 Å². The van der Waals surface area contributed by atoms with Crippen LogP contribution in [0.1, 0.15) is 58.4 Å². The molecule has 2 unspecified atom stereocenters. The van der Waals surface area contributed by atoms with Crippen molar-refractivity contribution in [1.29, 1.82) is 0 Å². The van der Waals surface area contributed by atoms with Crippen molar-refractivity contribution in [1.82, 2.24) is 15.1 Å². The third-order valence-corrected chi connectivity index (χ3v) is 6.84. The minimum absolute atomic E-state index is 0.183. The van der Waals surface area contributed by atoms with Crippen LogP contribution in [-0.2, 0) is 6.54 Å². The number of fused-ring (bicyclic) bond motifs is 5. The van der Waals surface area contributed by atoms with Crippen molar-refractivity contribution in [2.75, 3.05) is 0 Å². The monoisotopic (exact) mass is 445 g/mol. The summed E-state index contributed by atoms with van der Waals surface area (Å²) in [7, 11) is 0. The van der Waals surface area contributed by atoms with E-state index in [-0.39, 0.29) is 5.91 Å². The van der Waals surface area contributed by atoms with Gasteiger partial charge >= 0.3 is 0 Å². The summed E-state index contributed by atoms with van der Waals surface area (Å²) in [6.07, 6.45) is 3.29. The quantitative estimate of drug-likeness (QED) is 0.524. The van der Waals surface area contributed by atoms with E-state index in [1.165, 1.54) is 0 Å². The second-order valence-electron chi connectivity index (χ2n) is 7.64. The summed E-state index contributed by atoms with van der Waals surface area (Å²) >= 11 is 18.7. The maximum atomic E-state index is 13.1. The first-order valence-corrected chi connectivity index (χ1v) is 10.8. The van der Waals surface area contributed by atoms with Crippen LogP contribution in [0.25, 0.3) is 5.69 Å². The summed E-state index contributed by atoms with van der Waals surface area (Å²) in [5.74, 6) is 0.618. The lowest BCUT2D eigenvalue weighted by Crippen LogP contribution is -2.25. The zero-order chi connectivity index (χ0) is 20.1. The van der Waals surface area contributed by atoms with E-state index in [1.54, 1.807) is 12.1 Å². The van der Waals surface area contributed by atoms with Gasteiger partial charge in [-0.25, -0.2) is 4.68 Å². The van der Waals surface area contributed by atoms with Gasteiger partial charge in [-0.3, -0.25) is 4.79 Å². The number of amides is 1. The highest BCUT2D eigenvalue weighted by Gasteiger charge is 2.44. The van der Waals surface area contributed by atoms with Crippen molar-refractivity contribution in [2.24, 2.45) is 0 Å². The number of hydrogen-bond acceptors (Lipinski definition) is 2. The lowest BCUT2D eigenvalue weighted by Gasteiger charge is -2.15. The Labute approximate surface area is 183 Å². The Morgan fingerprint density at radius 1 is 1.07 bits per heavy atom. The number of carbonyl (C=O) groups excluding carboxylic acids is 1. The van der Waals surface area contributed by atoms with Gasteiger partial charge in [-0.05, 0) is 55.0 Å². The molecule has 4 nitrogen and oxygen atoms in total. The molecule has 1 fully saturated rings. The second-order valence-corrected chi connectivity index (χ2v) is 8.89. The number of benzene rings is 2. The largest absolute Gasteiger partial charge is 0.346 e. The van der Waals surface area contributed by atoms with Crippen LogP contribution in [0.2, 0.25) is 15.1 Å². The number of nitrogens with zero attached hydrogens (tertiary/aromatic N) is 2. The van der Waals surface area contributed by atoms with E-state index in [2.05, 4.69) is 5.32 Å². The number of aromatic nitrogens is 2. The summed E-state index contributed by atoms with van der Waals surface area (Å²) in [6.45, 7) is 0.357. The van der Waals surface area contributed by atoms with Crippen LogP contribution in [0.4, 0.5) is 0 Å². The van der Waals surface area contributed by atoms with Crippen LogP contribution in [0.15, 0.2) is 42.5 Å². The lowest BCUT2D eigenvalue weighted by molar-refractivity contribution is 0.0944. The van der Waals surface area contributed by atoms with E-state index < -0.39 is 0 Å². The van der Waals surface area contributed by atoms with Gasteiger partial charge in [0.05, 0.1) is 16.4 Å². The SMILES string of the molecule is O=C(NCc1ccccc1Cl)c1nn(-c2ccc(Cl)cc2Cl)c2c1C1CCC2C1. The van der Waals surface area contributed by atoms with E-state index >= 15 is 0 Å². The maximum absolute atomic E-state index is 13.1. The average molecular weight is 447 g/mol. The molecule has 5 rings (SSSR count). The summed E-state index contributed by atoms with van der Waals surface area (Å²) in [5, 5.41) is 9.42. The Morgan fingerprint density at radius 2 is 1.86 bits per heavy atom. The fourth-order valence-corrected chi connectivity index (χ4v) is 5.33. The fraction of sp³-hybridized carbons (Fsp3) is 0.273.